The summed E-state index contributed by atoms with van der Waals surface area (Å²) in [5.41, 5.74) is 0.524. The summed E-state index contributed by atoms with van der Waals surface area (Å²) in [5, 5.41) is 0.964. The van der Waals surface area contributed by atoms with E-state index in [9.17, 15) is 13.2 Å². The van der Waals surface area contributed by atoms with Crippen LogP contribution in [0, 0.1) is 11.7 Å². The van der Waals surface area contributed by atoms with Crippen molar-refractivity contribution in [3.8, 4) is 21.8 Å². The lowest BCUT2D eigenvalue weighted by molar-refractivity contribution is 0.0166. The Labute approximate surface area is 279 Å². The van der Waals surface area contributed by atoms with E-state index >= 15 is 4.39 Å². The fourth-order valence-corrected chi connectivity index (χ4v) is 8.46. The molecule has 1 aromatic carbocycles. The molecule has 10 nitrogen and oxygen atoms in total. The summed E-state index contributed by atoms with van der Waals surface area (Å²) in [7, 11) is -3.69. The molecule has 2 fully saturated rings. The van der Waals surface area contributed by atoms with E-state index in [2.05, 4.69) is 19.6 Å². The molecule has 46 heavy (non-hydrogen) atoms. The number of nitrogens with one attached hydrogen (secondary N) is 1. The number of nitrogens with zero attached hydrogens (tertiary/aromatic N) is 5. The van der Waals surface area contributed by atoms with Gasteiger partial charge in [0.2, 0.25) is 15.3 Å². The fraction of sp³-hybridized carbons (Fsp3) is 0.562. The Bertz CT molecular complexity index is 1630. The number of hydrogen-bond acceptors (Lipinski definition) is 9. The van der Waals surface area contributed by atoms with Crippen LogP contribution in [0.2, 0.25) is 5.28 Å². The van der Waals surface area contributed by atoms with Crippen molar-refractivity contribution in [2.24, 2.45) is 5.92 Å². The van der Waals surface area contributed by atoms with E-state index in [1.54, 1.807) is 31.3 Å². The van der Waals surface area contributed by atoms with Crippen LogP contribution in [0.3, 0.4) is 0 Å². The van der Waals surface area contributed by atoms with Gasteiger partial charge in [0.05, 0.1) is 32.7 Å². The van der Waals surface area contributed by atoms with Crippen molar-refractivity contribution in [3.63, 3.8) is 0 Å². The van der Waals surface area contributed by atoms with Crippen molar-refractivity contribution >= 4 is 44.7 Å². The number of piperidine rings is 2. The number of rotatable bonds is 9. The number of thiazole rings is 1. The minimum atomic E-state index is -3.69. The molecule has 0 bridgehead atoms. The second kappa shape index (κ2) is 14.5. The highest BCUT2D eigenvalue weighted by Gasteiger charge is 2.31. The molecule has 0 saturated carbocycles. The summed E-state index contributed by atoms with van der Waals surface area (Å²) in [6, 6.07) is 6.36. The Hall–Kier alpha value is -2.87. The molecule has 0 radical (unpaired) electrons. The Kier molecular flexibility index (Phi) is 10.9. The lowest BCUT2D eigenvalue weighted by atomic mass is 9.93. The smallest absolute Gasteiger partial charge is 0.410 e. The molecule has 2 aliphatic heterocycles. The first-order valence-corrected chi connectivity index (χ1v) is 18.7. The van der Waals surface area contributed by atoms with Gasteiger partial charge in [0.15, 0.2) is 5.82 Å². The predicted molar refractivity (Wildman–Crippen MR) is 180 cm³/mol. The van der Waals surface area contributed by atoms with Crippen molar-refractivity contribution in [1.82, 2.24) is 24.8 Å². The van der Waals surface area contributed by atoms with Gasteiger partial charge in [0.25, 0.3) is 0 Å². The molecule has 2 aliphatic rings. The SMILES string of the molecule is CCCS(=O)(=O)Nc1cccc(-c2nc(C3CCN(CC4CCN(C(=O)OC(C)(C)C)CC4)CC3)sc2-c2ccnc(Cl)n2)c1F. The predicted octanol–water partition coefficient (Wildman–Crippen LogP) is 7.04. The number of likely N-dealkylation sites (tertiary alicyclic amines) is 2. The Morgan fingerprint density at radius 3 is 2.48 bits per heavy atom. The largest absolute Gasteiger partial charge is 0.444 e. The standard InChI is InChI=1S/C32H42ClFN6O4S2/c1-5-19-46(42,43)38-24-8-6-7-23(26(24)34)27-28(25-9-14-35-30(33)36-25)45-29(37-27)22-12-15-39(16-13-22)20-21-10-17-40(18-11-21)31(41)44-32(2,3)4/h6-9,14,21-22,38H,5,10-13,15-20H2,1-4H3. The Morgan fingerprint density at radius 2 is 1.83 bits per heavy atom. The van der Waals surface area contributed by atoms with Crippen molar-refractivity contribution in [1.29, 1.82) is 0 Å². The zero-order chi connectivity index (χ0) is 33.1. The first-order chi connectivity index (χ1) is 21.8. The van der Waals surface area contributed by atoms with Crippen molar-refractivity contribution in [2.45, 2.75) is 71.3 Å². The van der Waals surface area contributed by atoms with Crippen LogP contribution in [0.1, 0.15) is 70.7 Å². The number of benzene rings is 1. The van der Waals surface area contributed by atoms with Crippen LogP contribution in [0.25, 0.3) is 21.8 Å². The third kappa shape index (κ3) is 8.72. The topological polar surface area (TPSA) is 118 Å². The molecule has 2 saturated heterocycles. The van der Waals surface area contributed by atoms with Gasteiger partial charge in [0.1, 0.15) is 5.60 Å². The molecule has 14 heteroatoms. The van der Waals surface area contributed by atoms with Gasteiger partial charge in [-0.2, -0.15) is 0 Å². The number of sulfonamides is 1. The maximum Gasteiger partial charge on any atom is 0.410 e. The molecule has 0 atom stereocenters. The third-order valence-corrected chi connectivity index (χ3v) is 11.1. The van der Waals surface area contributed by atoms with Gasteiger partial charge < -0.3 is 14.5 Å². The summed E-state index contributed by atoms with van der Waals surface area (Å²) < 4.78 is 48.7. The Morgan fingerprint density at radius 1 is 1.11 bits per heavy atom. The number of anilines is 1. The summed E-state index contributed by atoms with van der Waals surface area (Å²) >= 11 is 7.60. The highest BCUT2D eigenvalue weighted by Crippen LogP contribution is 2.43. The normalized spacial score (nSPS) is 17.3. The summed E-state index contributed by atoms with van der Waals surface area (Å²) in [6.45, 7) is 11.7. The summed E-state index contributed by atoms with van der Waals surface area (Å²) in [4.78, 5) is 30.8. The molecule has 1 amide bonds. The van der Waals surface area contributed by atoms with Crippen LogP contribution < -0.4 is 4.72 Å². The van der Waals surface area contributed by atoms with Crippen molar-refractivity contribution < 1.29 is 22.3 Å². The molecule has 0 unspecified atom stereocenters. The second-order valence-electron chi connectivity index (χ2n) is 13.0. The molecule has 250 valence electrons. The van der Waals surface area contributed by atoms with Crippen molar-refractivity contribution in [3.05, 3.63) is 46.6 Å². The molecular weight excluding hydrogens is 651 g/mol. The highest BCUT2D eigenvalue weighted by molar-refractivity contribution is 7.92. The average Bonchev–Trinajstić information content (AvgIpc) is 3.43. The first-order valence-electron chi connectivity index (χ1n) is 15.8. The zero-order valence-corrected chi connectivity index (χ0v) is 29.2. The van der Waals surface area contributed by atoms with Gasteiger partial charge in [-0.15, -0.1) is 11.3 Å². The Balaban J connectivity index is 1.29. The van der Waals surface area contributed by atoms with Gasteiger partial charge in [-0.05, 0) is 102 Å². The van der Waals surface area contributed by atoms with Crippen LogP contribution in [-0.2, 0) is 14.8 Å². The molecule has 2 aromatic heterocycles. The number of hydrogen-bond donors (Lipinski definition) is 1. The molecular formula is C32H42ClFN6O4S2. The number of carbonyl (C=O) groups is 1. The van der Waals surface area contributed by atoms with Gasteiger partial charge in [0, 0.05) is 37.3 Å². The summed E-state index contributed by atoms with van der Waals surface area (Å²) in [5.74, 6) is -0.0743. The van der Waals surface area contributed by atoms with Gasteiger partial charge in [-0.25, -0.2) is 32.6 Å². The van der Waals surface area contributed by atoms with Gasteiger partial charge in [-0.3, -0.25) is 4.72 Å². The molecule has 3 aromatic rings. The van der Waals surface area contributed by atoms with Crippen LogP contribution >= 0.6 is 22.9 Å². The van der Waals surface area contributed by atoms with Crippen LogP contribution in [0.15, 0.2) is 30.5 Å². The van der Waals surface area contributed by atoms with Crippen molar-refractivity contribution in [2.75, 3.05) is 43.2 Å². The van der Waals surface area contributed by atoms with Gasteiger partial charge in [-0.1, -0.05) is 13.0 Å². The molecule has 4 heterocycles. The zero-order valence-electron chi connectivity index (χ0n) is 26.8. The van der Waals surface area contributed by atoms with Crippen LogP contribution in [0.4, 0.5) is 14.9 Å². The number of amides is 1. The van der Waals surface area contributed by atoms with E-state index in [4.69, 9.17) is 21.3 Å². The lowest BCUT2D eigenvalue weighted by Gasteiger charge is -2.37. The minimum Gasteiger partial charge on any atom is -0.444 e. The van der Waals surface area contributed by atoms with E-state index in [1.807, 2.05) is 25.7 Å². The molecule has 0 aliphatic carbocycles. The number of halogens is 2. The maximum absolute atomic E-state index is 15.9. The number of aromatic nitrogens is 3. The molecule has 0 spiro atoms. The summed E-state index contributed by atoms with van der Waals surface area (Å²) in [6.07, 6.45) is 5.47. The van der Waals surface area contributed by atoms with Gasteiger partial charge >= 0.3 is 6.09 Å². The van der Waals surface area contributed by atoms with E-state index in [0.29, 0.717) is 41.7 Å². The van der Waals surface area contributed by atoms with E-state index in [1.165, 1.54) is 17.4 Å². The fourth-order valence-electron chi connectivity index (χ4n) is 5.96. The van der Waals surface area contributed by atoms with Crippen LogP contribution in [-0.4, -0.2) is 83.3 Å². The quantitative estimate of drug-likeness (QED) is 0.238. The average molecular weight is 693 g/mol. The number of carbonyl (C=O) groups excluding carboxylic acids is 1. The highest BCUT2D eigenvalue weighted by atomic mass is 35.5. The monoisotopic (exact) mass is 692 g/mol. The minimum absolute atomic E-state index is 0.0742. The molecule has 1 N–H and O–H groups in total. The van der Waals surface area contributed by atoms with E-state index in [-0.39, 0.29) is 34.3 Å². The third-order valence-electron chi connectivity index (χ3n) is 8.21. The second-order valence-corrected chi connectivity index (χ2v) is 16.2. The lowest BCUT2D eigenvalue weighted by Crippen LogP contribution is -2.44. The first kappa shape index (κ1) is 34.5. The number of ether oxygens (including phenoxy) is 1. The molecule has 5 rings (SSSR count). The van der Waals surface area contributed by atoms with E-state index < -0.39 is 21.4 Å². The maximum atomic E-state index is 15.9. The van der Waals surface area contributed by atoms with E-state index in [0.717, 1.165) is 50.3 Å². The van der Waals surface area contributed by atoms with Crippen LogP contribution in [0.5, 0.6) is 0 Å².